The molecule has 118 valence electrons. The van der Waals surface area contributed by atoms with Gasteiger partial charge in [-0.2, -0.15) is 0 Å². The SMILES string of the molecule is CN=C(NCc1cccnc1N(C)C)NCc1sccc1C. The van der Waals surface area contributed by atoms with Gasteiger partial charge in [0, 0.05) is 44.3 Å². The lowest BCUT2D eigenvalue weighted by Crippen LogP contribution is -2.36. The summed E-state index contributed by atoms with van der Waals surface area (Å²) in [6, 6.07) is 6.16. The molecule has 22 heavy (non-hydrogen) atoms. The number of nitrogens with zero attached hydrogens (tertiary/aromatic N) is 3. The second-order valence-corrected chi connectivity index (χ2v) is 6.19. The number of nitrogens with one attached hydrogen (secondary N) is 2. The number of rotatable bonds is 5. The van der Waals surface area contributed by atoms with Gasteiger partial charge in [-0.3, -0.25) is 4.99 Å². The van der Waals surface area contributed by atoms with Crippen LogP contribution < -0.4 is 15.5 Å². The summed E-state index contributed by atoms with van der Waals surface area (Å²) in [5.74, 6) is 1.76. The van der Waals surface area contributed by atoms with E-state index in [2.05, 4.69) is 45.0 Å². The summed E-state index contributed by atoms with van der Waals surface area (Å²) in [5, 5.41) is 8.80. The lowest BCUT2D eigenvalue weighted by molar-refractivity contribution is 0.808. The number of aliphatic imine (C=N–C) groups is 1. The van der Waals surface area contributed by atoms with E-state index in [-0.39, 0.29) is 0 Å². The molecule has 0 aliphatic rings. The third kappa shape index (κ3) is 4.21. The molecule has 0 amide bonds. The Morgan fingerprint density at radius 3 is 2.68 bits per heavy atom. The Bertz CT molecular complexity index is 633. The molecule has 0 unspecified atom stereocenters. The maximum Gasteiger partial charge on any atom is 0.191 e. The zero-order chi connectivity index (χ0) is 15.9. The van der Waals surface area contributed by atoms with Gasteiger partial charge in [-0.05, 0) is 30.0 Å². The van der Waals surface area contributed by atoms with Crippen molar-refractivity contribution in [1.82, 2.24) is 15.6 Å². The van der Waals surface area contributed by atoms with Crippen LogP contribution in [-0.4, -0.2) is 32.1 Å². The van der Waals surface area contributed by atoms with Crippen LogP contribution >= 0.6 is 11.3 Å². The average Bonchev–Trinajstić information content (AvgIpc) is 2.93. The van der Waals surface area contributed by atoms with Gasteiger partial charge in [0.2, 0.25) is 0 Å². The Balaban J connectivity index is 1.93. The number of guanidine groups is 1. The Morgan fingerprint density at radius 2 is 2.05 bits per heavy atom. The van der Waals surface area contributed by atoms with Crippen LogP contribution in [0.3, 0.4) is 0 Å². The molecule has 0 bridgehead atoms. The summed E-state index contributed by atoms with van der Waals surface area (Å²) < 4.78 is 0. The highest BCUT2D eigenvalue weighted by molar-refractivity contribution is 7.10. The molecule has 0 radical (unpaired) electrons. The molecular formula is C16H23N5S. The van der Waals surface area contributed by atoms with Gasteiger partial charge in [0.1, 0.15) is 5.82 Å². The van der Waals surface area contributed by atoms with Gasteiger partial charge in [-0.25, -0.2) is 4.98 Å². The third-order valence-corrected chi connectivity index (χ3v) is 4.37. The van der Waals surface area contributed by atoms with Crippen LogP contribution in [0.15, 0.2) is 34.8 Å². The molecule has 6 heteroatoms. The summed E-state index contributed by atoms with van der Waals surface area (Å²) in [7, 11) is 5.78. The molecule has 2 heterocycles. The second-order valence-electron chi connectivity index (χ2n) is 5.19. The monoisotopic (exact) mass is 317 g/mol. The predicted molar refractivity (Wildman–Crippen MR) is 94.7 cm³/mol. The molecule has 2 rings (SSSR count). The van der Waals surface area contributed by atoms with E-state index in [0.29, 0.717) is 6.54 Å². The first-order chi connectivity index (χ1) is 10.6. The minimum Gasteiger partial charge on any atom is -0.362 e. The lowest BCUT2D eigenvalue weighted by atomic mass is 10.2. The number of aromatic nitrogens is 1. The highest BCUT2D eigenvalue weighted by atomic mass is 32.1. The van der Waals surface area contributed by atoms with Gasteiger partial charge in [0.15, 0.2) is 5.96 Å². The Hall–Kier alpha value is -2.08. The van der Waals surface area contributed by atoms with Crippen LogP contribution in [0.2, 0.25) is 0 Å². The van der Waals surface area contributed by atoms with E-state index in [0.717, 1.165) is 23.9 Å². The van der Waals surface area contributed by atoms with Gasteiger partial charge in [-0.15, -0.1) is 11.3 Å². The topological polar surface area (TPSA) is 52.6 Å². The molecule has 0 saturated heterocycles. The van der Waals surface area contributed by atoms with E-state index in [4.69, 9.17) is 0 Å². The summed E-state index contributed by atoms with van der Waals surface area (Å²) in [6.07, 6.45) is 1.81. The molecule has 0 aliphatic carbocycles. The van der Waals surface area contributed by atoms with Crippen LogP contribution in [0.4, 0.5) is 5.82 Å². The fourth-order valence-electron chi connectivity index (χ4n) is 2.12. The van der Waals surface area contributed by atoms with Crippen molar-refractivity contribution < 1.29 is 0 Å². The number of hydrogen-bond acceptors (Lipinski definition) is 4. The van der Waals surface area contributed by atoms with E-state index < -0.39 is 0 Å². The molecular weight excluding hydrogens is 294 g/mol. The van der Waals surface area contributed by atoms with E-state index in [1.54, 1.807) is 18.4 Å². The van der Waals surface area contributed by atoms with Crippen LogP contribution in [0.5, 0.6) is 0 Å². The third-order valence-electron chi connectivity index (χ3n) is 3.35. The smallest absolute Gasteiger partial charge is 0.191 e. The van der Waals surface area contributed by atoms with E-state index in [9.17, 15) is 0 Å². The van der Waals surface area contributed by atoms with Crippen molar-refractivity contribution in [3.63, 3.8) is 0 Å². The normalized spacial score (nSPS) is 11.4. The zero-order valence-electron chi connectivity index (χ0n) is 13.6. The van der Waals surface area contributed by atoms with Crippen LogP contribution in [0.1, 0.15) is 16.0 Å². The standard InChI is InChI=1S/C16H23N5S/c1-12-7-9-22-14(12)11-20-16(17-2)19-10-13-6-5-8-18-15(13)21(3)4/h5-9H,10-11H2,1-4H3,(H2,17,19,20). The Morgan fingerprint density at radius 1 is 1.27 bits per heavy atom. The van der Waals surface area contributed by atoms with Crippen molar-refractivity contribution in [3.05, 3.63) is 45.8 Å². The number of thiophene rings is 1. The average molecular weight is 317 g/mol. The first kappa shape index (κ1) is 16.3. The molecule has 0 spiro atoms. The van der Waals surface area contributed by atoms with Crippen LogP contribution in [0.25, 0.3) is 0 Å². The molecule has 2 N–H and O–H groups in total. The number of pyridine rings is 1. The largest absolute Gasteiger partial charge is 0.362 e. The van der Waals surface area contributed by atoms with Crippen LogP contribution in [0, 0.1) is 6.92 Å². The fraction of sp³-hybridized carbons (Fsp3) is 0.375. The van der Waals surface area contributed by atoms with Crippen molar-refractivity contribution in [2.45, 2.75) is 20.0 Å². The summed E-state index contributed by atoms with van der Waals surface area (Å²) in [4.78, 5) is 12.0. The van der Waals surface area contributed by atoms with Crippen molar-refractivity contribution in [1.29, 1.82) is 0 Å². The van der Waals surface area contributed by atoms with Crippen molar-refractivity contribution in [2.24, 2.45) is 4.99 Å². The predicted octanol–water partition coefficient (Wildman–Crippen LogP) is 2.38. The summed E-state index contributed by atoms with van der Waals surface area (Å²) in [6.45, 7) is 3.60. The quantitative estimate of drug-likeness (QED) is 0.657. The van der Waals surface area contributed by atoms with E-state index >= 15 is 0 Å². The molecule has 0 fully saturated rings. The van der Waals surface area contributed by atoms with Gasteiger partial charge >= 0.3 is 0 Å². The fourth-order valence-corrected chi connectivity index (χ4v) is 2.97. The molecule has 0 atom stereocenters. The highest BCUT2D eigenvalue weighted by Gasteiger charge is 2.07. The van der Waals surface area contributed by atoms with E-state index in [1.165, 1.54) is 10.4 Å². The number of anilines is 1. The molecule has 2 aromatic rings. The Labute approximate surface area is 136 Å². The second kappa shape index (κ2) is 7.79. The molecule has 0 aliphatic heterocycles. The maximum atomic E-state index is 4.41. The minimum atomic E-state index is 0.685. The first-order valence-electron chi connectivity index (χ1n) is 7.20. The molecule has 2 aromatic heterocycles. The Kier molecular flexibility index (Phi) is 5.77. The minimum absolute atomic E-state index is 0.685. The molecule has 5 nitrogen and oxygen atoms in total. The number of hydrogen-bond donors (Lipinski definition) is 2. The van der Waals surface area contributed by atoms with Gasteiger partial charge < -0.3 is 15.5 Å². The summed E-state index contributed by atoms with van der Waals surface area (Å²) in [5.41, 5.74) is 2.46. The van der Waals surface area contributed by atoms with Crippen molar-refractivity contribution in [3.8, 4) is 0 Å². The van der Waals surface area contributed by atoms with Gasteiger partial charge in [0.05, 0.1) is 6.54 Å². The lowest BCUT2D eigenvalue weighted by Gasteiger charge is -2.17. The first-order valence-corrected chi connectivity index (χ1v) is 8.08. The van der Waals surface area contributed by atoms with Gasteiger partial charge in [-0.1, -0.05) is 6.07 Å². The van der Waals surface area contributed by atoms with Gasteiger partial charge in [0.25, 0.3) is 0 Å². The highest BCUT2D eigenvalue weighted by Crippen LogP contribution is 2.15. The van der Waals surface area contributed by atoms with Crippen molar-refractivity contribution >= 4 is 23.1 Å². The number of aryl methyl sites for hydroxylation is 1. The van der Waals surface area contributed by atoms with E-state index in [1.807, 2.05) is 31.3 Å². The molecule has 0 saturated carbocycles. The van der Waals surface area contributed by atoms with Crippen LogP contribution in [-0.2, 0) is 13.1 Å². The maximum absolute atomic E-state index is 4.41. The zero-order valence-corrected chi connectivity index (χ0v) is 14.4. The van der Waals surface area contributed by atoms with Crippen molar-refractivity contribution in [2.75, 3.05) is 26.0 Å². The summed E-state index contributed by atoms with van der Waals surface area (Å²) >= 11 is 1.76. The molecule has 0 aromatic carbocycles.